The lowest BCUT2D eigenvalue weighted by Crippen LogP contribution is -2.13. The first kappa shape index (κ1) is 17.9. The van der Waals surface area contributed by atoms with Crippen molar-refractivity contribution in [2.45, 2.75) is 26.4 Å². The summed E-state index contributed by atoms with van der Waals surface area (Å²) in [6.07, 6.45) is 0.990. The number of amides is 1. The molecule has 1 amide bonds. The number of halogens is 1. The highest BCUT2D eigenvalue weighted by molar-refractivity contribution is 6.05. The molecular weight excluding hydrogens is 328 g/mol. The lowest BCUT2D eigenvalue weighted by atomic mass is 10.1. The zero-order valence-corrected chi connectivity index (χ0v) is 14.5. The van der Waals surface area contributed by atoms with E-state index < -0.39 is 0 Å². The number of fused-ring (bicyclic) bond motifs is 1. The fraction of sp³-hybridized carbons (Fsp3) is 0.278. The molecule has 0 bridgehead atoms. The lowest BCUT2D eigenvalue weighted by molar-refractivity contribution is 0.102. The van der Waals surface area contributed by atoms with E-state index in [0.717, 1.165) is 17.7 Å². The molecule has 0 saturated heterocycles. The molecule has 3 N–H and O–H groups in total. The highest BCUT2D eigenvalue weighted by atomic mass is 35.5. The van der Waals surface area contributed by atoms with E-state index in [-0.39, 0.29) is 24.4 Å². The average Bonchev–Trinajstić information content (AvgIpc) is 2.87. The van der Waals surface area contributed by atoms with Gasteiger partial charge in [-0.15, -0.1) is 12.4 Å². The zero-order chi connectivity index (χ0) is 16.4. The van der Waals surface area contributed by atoms with Gasteiger partial charge < -0.3 is 20.5 Å². The van der Waals surface area contributed by atoms with Crippen LogP contribution in [0.1, 0.15) is 29.8 Å². The monoisotopic (exact) mass is 348 g/mol. The molecule has 0 radical (unpaired) electrons. The predicted octanol–water partition coefficient (Wildman–Crippen LogP) is 3.67. The Labute approximate surface area is 147 Å². The Morgan fingerprint density at radius 3 is 2.71 bits per heavy atom. The molecule has 1 aliphatic heterocycles. The largest absolute Gasteiger partial charge is 0.492 e. The number of nitrogens with two attached hydrogens (primary N) is 1. The van der Waals surface area contributed by atoms with E-state index >= 15 is 0 Å². The molecule has 1 atom stereocenters. The van der Waals surface area contributed by atoms with Crippen molar-refractivity contribution < 1.29 is 14.3 Å². The Bertz CT molecular complexity index is 732. The predicted molar refractivity (Wildman–Crippen MR) is 97.5 cm³/mol. The number of hydrogen-bond acceptors (Lipinski definition) is 4. The Balaban J connectivity index is 0.00000208. The van der Waals surface area contributed by atoms with E-state index in [2.05, 4.69) is 5.32 Å². The zero-order valence-electron chi connectivity index (χ0n) is 13.7. The minimum Gasteiger partial charge on any atom is -0.492 e. The highest BCUT2D eigenvalue weighted by Crippen LogP contribution is 2.38. The van der Waals surface area contributed by atoms with Crippen LogP contribution in [-0.2, 0) is 6.42 Å². The molecule has 128 valence electrons. The Hall–Kier alpha value is -2.40. The molecule has 1 unspecified atom stereocenters. The van der Waals surface area contributed by atoms with Crippen LogP contribution >= 0.6 is 12.4 Å². The normalized spacial score (nSPS) is 15.0. The van der Waals surface area contributed by atoms with Crippen LogP contribution in [0.2, 0.25) is 0 Å². The van der Waals surface area contributed by atoms with E-state index in [1.807, 2.05) is 26.0 Å². The Morgan fingerprint density at radius 1 is 1.33 bits per heavy atom. The van der Waals surface area contributed by atoms with E-state index in [1.165, 1.54) is 0 Å². The van der Waals surface area contributed by atoms with Crippen molar-refractivity contribution in [2.75, 3.05) is 17.7 Å². The summed E-state index contributed by atoms with van der Waals surface area (Å²) >= 11 is 0. The molecule has 1 heterocycles. The van der Waals surface area contributed by atoms with Crippen molar-refractivity contribution in [3.8, 4) is 11.5 Å². The highest BCUT2D eigenvalue weighted by Gasteiger charge is 2.22. The first-order chi connectivity index (χ1) is 11.1. The molecule has 5 nitrogen and oxygen atoms in total. The summed E-state index contributed by atoms with van der Waals surface area (Å²) in [6, 6.07) is 10.6. The van der Waals surface area contributed by atoms with Crippen molar-refractivity contribution in [1.82, 2.24) is 0 Å². The maximum absolute atomic E-state index is 12.4. The number of nitrogens with one attached hydrogen (secondary N) is 1. The van der Waals surface area contributed by atoms with Gasteiger partial charge in [0.15, 0.2) is 0 Å². The van der Waals surface area contributed by atoms with Crippen LogP contribution in [0.5, 0.6) is 11.5 Å². The maximum Gasteiger partial charge on any atom is 0.255 e. The first-order valence-electron chi connectivity index (χ1n) is 7.70. The SMILES string of the molecule is CCOc1cc2c(cc1NC(=O)c1ccc(N)cc1)OC(C)C2.Cl. The van der Waals surface area contributed by atoms with Crippen molar-refractivity contribution >= 4 is 29.7 Å². The minimum absolute atomic E-state index is 0. The van der Waals surface area contributed by atoms with Crippen LogP contribution in [0, 0.1) is 0 Å². The van der Waals surface area contributed by atoms with Crippen LogP contribution < -0.4 is 20.5 Å². The molecule has 1 aliphatic rings. The minimum atomic E-state index is -0.211. The van der Waals surface area contributed by atoms with Gasteiger partial charge in [0.05, 0.1) is 12.3 Å². The standard InChI is InChI=1S/C18H20N2O3.ClH/c1-3-22-17-9-13-8-11(2)23-16(13)10-15(17)20-18(21)12-4-6-14(19)7-5-12;/h4-7,9-11H,3,8,19H2,1-2H3,(H,20,21);1H. The molecule has 0 aliphatic carbocycles. The van der Waals surface area contributed by atoms with Crippen molar-refractivity contribution in [1.29, 1.82) is 0 Å². The smallest absolute Gasteiger partial charge is 0.255 e. The summed E-state index contributed by atoms with van der Waals surface area (Å²) in [5.74, 6) is 1.25. The third-order valence-electron chi connectivity index (χ3n) is 3.72. The molecule has 0 fully saturated rings. The summed E-state index contributed by atoms with van der Waals surface area (Å²) in [5.41, 5.74) is 8.53. The second-order valence-corrected chi connectivity index (χ2v) is 5.60. The maximum atomic E-state index is 12.4. The summed E-state index contributed by atoms with van der Waals surface area (Å²) in [7, 11) is 0. The van der Waals surface area contributed by atoms with Crippen LogP contribution in [0.3, 0.4) is 0 Å². The van der Waals surface area contributed by atoms with Gasteiger partial charge in [-0.05, 0) is 44.2 Å². The van der Waals surface area contributed by atoms with Crippen LogP contribution in [0.4, 0.5) is 11.4 Å². The van der Waals surface area contributed by atoms with Gasteiger partial charge >= 0.3 is 0 Å². The van der Waals surface area contributed by atoms with Gasteiger partial charge in [-0.1, -0.05) is 0 Å². The molecular formula is C18H21ClN2O3. The number of rotatable bonds is 4. The summed E-state index contributed by atoms with van der Waals surface area (Å²) in [6.45, 7) is 4.46. The number of nitrogen functional groups attached to an aromatic ring is 1. The molecule has 0 saturated carbocycles. The molecule has 6 heteroatoms. The molecule has 2 aromatic rings. The summed E-state index contributed by atoms with van der Waals surface area (Å²) < 4.78 is 11.4. The van der Waals surface area contributed by atoms with Crippen LogP contribution in [0.25, 0.3) is 0 Å². The van der Waals surface area contributed by atoms with Gasteiger partial charge in [0, 0.05) is 29.3 Å². The number of anilines is 2. The molecule has 2 aromatic carbocycles. The van der Waals surface area contributed by atoms with Crippen molar-refractivity contribution in [3.63, 3.8) is 0 Å². The average molecular weight is 349 g/mol. The lowest BCUT2D eigenvalue weighted by Gasteiger charge is -2.13. The van der Waals surface area contributed by atoms with Crippen LogP contribution in [-0.4, -0.2) is 18.6 Å². The first-order valence-corrected chi connectivity index (χ1v) is 7.70. The number of benzene rings is 2. The quantitative estimate of drug-likeness (QED) is 0.827. The number of carbonyl (C=O) groups excluding carboxylic acids is 1. The van der Waals surface area contributed by atoms with Gasteiger partial charge in [0.25, 0.3) is 5.91 Å². The number of hydrogen-bond donors (Lipinski definition) is 2. The second-order valence-electron chi connectivity index (χ2n) is 5.60. The van der Waals surface area contributed by atoms with Gasteiger partial charge in [0.2, 0.25) is 0 Å². The van der Waals surface area contributed by atoms with Gasteiger partial charge in [-0.25, -0.2) is 0 Å². The van der Waals surface area contributed by atoms with Crippen molar-refractivity contribution in [2.24, 2.45) is 0 Å². The second kappa shape index (κ2) is 7.45. The van der Waals surface area contributed by atoms with Gasteiger partial charge in [-0.2, -0.15) is 0 Å². The third kappa shape index (κ3) is 3.74. The summed E-state index contributed by atoms with van der Waals surface area (Å²) in [5, 5.41) is 2.89. The molecule has 0 aromatic heterocycles. The van der Waals surface area contributed by atoms with Crippen LogP contribution in [0.15, 0.2) is 36.4 Å². The van der Waals surface area contributed by atoms with E-state index in [0.29, 0.717) is 29.3 Å². The molecule has 24 heavy (non-hydrogen) atoms. The van der Waals surface area contributed by atoms with Crippen molar-refractivity contribution in [3.05, 3.63) is 47.5 Å². The molecule has 3 rings (SSSR count). The summed E-state index contributed by atoms with van der Waals surface area (Å²) in [4.78, 5) is 12.4. The number of carbonyl (C=O) groups is 1. The van der Waals surface area contributed by atoms with E-state index in [4.69, 9.17) is 15.2 Å². The molecule has 0 spiro atoms. The number of ether oxygens (including phenoxy) is 2. The fourth-order valence-corrected chi connectivity index (χ4v) is 2.64. The fourth-order valence-electron chi connectivity index (χ4n) is 2.64. The van der Waals surface area contributed by atoms with Gasteiger partial charge in [0.1, 0.15) is 17.6 Å². The topological polar surface area (TPSA) is 73.6 Å². The Morgan fingerprint density at radius 2 is 2.04 bits per heavy atom. The third-order valence-corrected chi connectivity index (χ3v) is 3.72. The van der Waals surface area contributed by atoms with Gasteiger partial charge in [-0.3, -0.25) is 4.79 Å². The van der Waals surface area contributed by atoms with E-state index in [1.54, 1.807) is 24.3 Å². The Kier molecular flexibility index (Phi) is 5.57. The van der Waals surface area contributed by atoms with E-state index in [9.17, 15) is 4.79 Å².